The summed E-state index contributed by atoms with van der Waals surface area (Å²) in [4.78, 5) is 14.3. The monoisotopic (exact) mass is 251 g/mol. The van der Waals surface area contributed by atoms with E-state index in [9.17, 15) is 4.79 Å². The second kappa shape index (κ2) is 7.38. The van der Waals surface area contributed by atoms with E-state index in [0.29, 0.717) is 5.92 Å². The van der Waals surface area contributed by atoms with E-state index in [1.807, 2.05) is 13.8 Å². The van der Waals surface area contributed by atoms with Crippen LogP contribution < -0.4 is 5.32 Å². The van der Waals surface area contributed by atoms with E-state index >= 15 is 0 Å². The molecule has 1 aliphatic heterocycles. The van der Waals surface area contributed by atoms with Crippen molar-refractivity contribution < 1.29 is 4.79 Å². The number of hydrogen-bond donors (Lipinski definition) is 1. The van der Waals surface area contributed by atoms with Crippen LogP contribution in [0.5, 0.6) is 0 Å². The van der Waals surface area contributed by atoms with Crippen molar-refractivity contribution >= 4 is 5.91 Å². The lowest BCUT2D eigenvalue weighted by molar-refractivity contribution is -0.124. The van der Waals surface area contributed by atoms with Gasteiger partial charge in [-0.25, -0.2) is 0 Å². The number of likely N-dealkylation sites (tertiary alicyclic amines) is 1. The molecule has 102 valence electrons. The fourth-order valence-electron chi connectivity index (χ4n) is 2.37. The standard InChI is InChI=1S/C14H25N3O/c1-4-17-7-5-12(6-8-17)10-16-14(18)13(9-15)11(2)3/h11-13H,4-8,10H2,1-3H3,(H,16,18). The number of carbonyl (C=O) groups excluding carboxylic acids is 1. The normalized spacial score (nSPS) is 19.5. The Labute approximate surface area is 110 Å². The third-order valence-electron chi connectivity index (χ3n) is 3.81. The molecule has 1 atom stereocenters. The number of nitrogens with one attached hydrogen (secondary N) is 1. The topological polar surface area (TPSA) is 56.1 Å². The van der Waals surface area contributed by atoms with Crippen molar-refractivity contribution in [3.05, 3.63) is 0 Å². The maximum Gasteiger partial charge on any atom is 0.237 e. The van der Waals surface area contributed by atoms with Gasteiger partial charge >= 0.3 is 0 Å². The predicted octanol–water partition coefficient (Wildman–Crippen LogP) is 1.63. The predicted molar refractivity (Wildman–Crippen MR) is 71.8 cm³/mol. The molecule has 1 saturated heterocycles. The molecule has 1 heterocycles. The van der Waals surface area contributed by atoms with E-state index in [1.54, 1.807) is 0 Å². The molecule has 1 amide bonds. The van der Waals surface area contributed by atoms with E-state index < -0.39 is 5.92 Å². The average Bonchev–Trinajstić information content (AvgIpc) is 2.37. The fraction of sp³-hybridized carbons (Fsp3) is 0.857. The molecule has 0 aromatic heterocycles. The molecule has 0 radical (unpaired) electrons. The lowest BCUT2D eigenvalue weighted by atomic mass is 9.94. The zero-order valence-electron chi connectivity index (χ0n) is 11.8. The molecule has 1 unspecified atom stereocenters. The van der Waals surface area contributed by atoms with Crippen molar-refractivity contribution in [1.82, 2.24) is 10.2 Å². The first-order valence-electron chi connectivity index (χ1n) is 6.98. The highest BCUT2D eigenvalue weighted by atomic mass is 16.1. The summed E-state index contributed by atoms with van der Waals surface area (Å²) < 4.78 is 0. The van der Waals surface area contributed by atoms with Crippen molar-refractivity contribution in [2.45, 2.75) is 33.6 Å². The van der Waals surface area contributed by atoms with Gasteiger partial charge in [-0.15, -0.1) is 0 Å². The molecule has 18 heavy (non-hydrogen) atoms. The van der Waals surface area contributed by atoms with Gasteiger partial charge in [-0.3, -0.25) is 4.79 Å². The van der Waals surface area contributed by atoms with Gasteiger partial charge < -0.3 is 10.2 Å². The van der Waals surface area contributed by atoms with Crippen LogP contribution in [0, 0.1) is 29.1 Å². The zero-order chi connectivity index (χ0) is 13.5. The molecule has 0 spiro atoms. The summed E-state index contributed by atoms with van der Waals surface area (Å²) >= 11 is 0. The van der Waals surface area contributed by atoms with Crippen LogP contribution in [-0.2, 0) is 4.79 Å². The van der Waals surface area contributed by atoms with Gasteiger partial charge in [-0.05, 0) is 44.3 Å². The van der Waals surface area contributed by atoms with Crippen molar-refractivity contribution in [3.8, 4) is 6.07 Å². The van der Waals surface area contributed by atoms with Gasteiger partial charge in [-0.2, -0.15) is 5.26 Å². The first kappa shape index (κ1) is 15.0. The number of piperidine rings is 1. The van der Waals surface area contributed by atoms with Gasteiger partial charge in [0.25, 0.3) is 0 Å². The van der Waals surface area contributed by atoms with E-state index in [0.717, 1.165) is 39.0 Å². The minimum atomic E-state index is -0.513. The molecule has 0 aromatic rings. The minimum absolute atomic E-state index is 0.0805. The van der Waals surface area contributed by atoms with Crippen LogP contribution in [0.15, 0.2) is 0 Å². The second-order valence-electron chi connectivity index (χ2n) is 5.47. The van der Waals surface area contributed by atoms with Crippen molar-refractivity contribution in [1.29, 1.82) is 5.26 Å². The number of rotatable bonds is 5. The molecule has 0 aliphatic carbocycles. The highest BCUT2D eigenvalue weighted by molar-refractivity contribution is 5.81. The van der Waals surface area contributed by atoms with Crippen LogP contribution in [-0.4, -0.2) is 37.0 Å². The Balaban J connectivity index is 2.29. The Morgan fingerprint density at radius 1 is 1.44 bits per heavy atom. The molecule has 0 bridgehead atoms. The Bertz CT molecular complexity index is 301. The van der Waals surface area contributed by atoms with Gasteiger partial charge in [0, 0.05) is 6.54 Å². The second-order valence-corrected chi connectivity index (χ2v) is 5.47. The number of carbonyl (C=O) groups is 1. The maximum absolute atomic E-state index is 11.8. The van der Waals surface area contributed by atoms with Crippen LogP contribution >= 0.6 is 0 Å². The van der Waals surface area contributed by atoms with Gasteiger partial charge in [0.2, 0.25) is 5.91 Å². The van der Waals surface area contributed by atoms with E-state index in [2.05, 4.69) is 23.2 Å². The number of nitrogens with zero attached hydrogens (tertiary/aromatic N) is 2. The first-order chi connectivity index (χ1) is 8.58. The third kappa shape index (κ3) is 4.30. The lowest BCUT2D eigenvalue weighted by Gasteiger charge is -2.31. The largest absolute Gasteiger partial charge is 0.355 e. The maximum atomic E-state index is 11.8. The average molecular weight is 251 g/mol. The first-order valence-corrected chi connectivity index (χ1v) is 6.98. The summed E-state index contributed by atoms with van der Waals surface area (Å²) in [5.41, 5.74) is 0. The van der Waals surface area contributed by atoms with Gasteiger partial charge in [0.1, 0.15) is 5.92 Å². The summed E-state index contributed by atoms with van der Waals surface area (Å²) in [6.07, 6.45) is 2.29. The lowest BCUT2D eigenvalue weighted by Crippen LogP contribution is -2.40. The van der Waals surface area contributed by atoms with E-state index in [-0.39, 0.29) is 11.8 Å². The number of nitriles is 1. The molecule has 1 aliphatic rings. The van der Waals surface area contributed by atoms with Crippen molar-refractivity contribution in [2.24, 2.45) is 17.8 Å². The van der Waals surface area contributed by atoms with Crippen LogP contribution in [0.4, 0.5) is 0 Å². The molecule has 1 rings (SSSR count). The Hall–Kier alpha value is -1.08. The van der Waals surface area contributed by atoms with Crippen LogP contribution in [0.25, 0.3) is 0 Å². The highest BCUT2D eigenvalue weighted by Gasteiger charge is 2.23. The summed E-state index contributed by atoms with van der Waals surface area (Å²) in [6, 6.07) is 2.08. The Kier molecular flexibility index (Phi) is 6.14. The van der Waals surface area contributed by atoms with Crippen LogP contribution in [0.2, 0.25) is 0 Å². The van der Waals surface area contributed by atoms with Crippen LogP contribution in [0.3, 0.4) is 0 Å². The fourth-order valence-corrected chi connectivity index (χ4v) is 2.37. The smallest absolute Gasteiger partial charge is 0.237 e. The van der Waals surface area contributed by atoms with Gasteiger partial charge in [0.05, 0.1) is 6.07 Å². The zero-order valence-corrected chi connectivity index (χ0v) is 11.8. The van der Waals surface area contributed by atoms with Gasteiger partial charge in [-0.1, -0.05) is 20.8 Å². The molecular weight excluding hydrogens is 226 g/mol. The SMILES string of the molecule is CCN1CCC(CNC(=O)C(C#N)C(C)C)CC1. The molecule has 0 aromatic carbocycles. The Morgan fingerprint density at radius 3 is 2.50 bits per heavy atom. The molecule has 4 heteroatoms. The number of hydrogen-bond acceptors (Lipinski definition) is 3. The van der Waals surface area contributed by atoms with E-state index in [4.69, 9.17) is 5.26 Å². The molecular formula is C14H25N3O. The molecule has 4 nitrogen and oxygen atoms in total. The summed E-state index contributed by atoms with van der Waals surface area (Å²) in [7, 11) is 0. The molecule has 1 fully saturated rings. The third-order valence-corrected chi connectivity index (χ3v) is 3.81. The summed E-state index contributed by atoms with van der Waals surface area (Å²) in [6.45, 7) is 10.1. The van der Waals surface area contributed by atoms with E-state index in [1.165, 1.54) is 0 Å². The number of amides is 1. The highest BCUT2D eigenvalue weighted by Crippen LogP contribution is 2.16. The minimum Gasteiger partial charge on any atom is -0.355 e. The molecule has 1 N–H and O–H groups in total. The summed E-state index contributed by atoms with van der Waals surface area (Å²) in [5, 5.41) is 11.9. The summed E-state index contributed by atoms with van der Waals surface area (Å²) in [5.74, 6) is 0.0337. The van der Waals surface area contributed by atoms with Gasteiger partial charge in [0.15, 0.2) is 0 Å². The van der Waals surface area contributed by atoms with Crippen molar-refractivity contribution in [3.63, 3.8) is 0 Å². The molecule has 0 saturated carbocycles. The quantitative estimate of drug-likeness (QED) is 0.808. The van der Waals surface area contributed by atoms with Crippen LogP contribution in [0.1, 0.15) is 33.6 Å². The Morgan fingerprint density at radius 2 is 2.06 bits per heavy atom. The van der Waals surface area contributed by atoms with Crippen molar-refractivity contribution in [2.75, 3.05) is 26.2 Å².